The SMILES string of the molecule is O=CC1CCN(c2ccc(-c3ccc(OCc4ccccc4)nc3OCc3ccccc3)nc2)CC1. The Morgan fingerprint density at radius 1 is 0.806 bits per heavy atom. The molecule has 0 bridgehead atoms. The van der Waals surface area contributed by atoms with Crippen molar-refractivity contribution < 1.29 is 14.3 Å². The van der Waals surface area contributed by atoms with Gasteiger partial charge in [-0.15, -0.1) is 0 Å². The molecule has 0 unspecified atom stereocenters. The Balaban J connectivity index is 1.35. The number of hydrogen-bond donors (Lipinski definition) is 0. The van der Waals surface area contributed by atoms with Crippen molar-refractivity contribution in [3.63, 3.8) is 0 Å². The van der Waals surface area contributed by atoms with Gasteiger partial charge in [-0.1, -0.05) is 60.7 Å². The largest absolute Gasteiger partial charge is 0.473 e. The second-order valence-electron chi connectivity index (χ2n) is 8.91. The number of hydrogen-bond acceptors (Lipinski definition) is 6. The van der Waals surface area contributed by atoms with E-state index < -0.39 is 0 Å². The lowest BCUT2D eigenvalue weighted by Crippen LogP contribution is -2.34. The first kappa shape index (κ1) is 23.5. The highest BCUT2D eigenvalue weighted by molar-refractivity contribution is 5.67. The van der Waals surface area contributed by atoms with Crippen molar-refractivity contribution in [2.24, 2.45) is 5.92 Å². The number of ether oxygens (including phenoxy) is 2. The predicted molar refractivity (Wildman–Crippen MR) is 140 cm³/mol. The van der Waals surface area contributed by atoms with Crippen LogP contribution in [-0.2, 0) is 18.0 Å². The molecule has 4 aromatic rings. The molecule has 3 heterocycles. The van der Waals surface area contributed by atoms with Crippen LogP contribution in [0, 0.1) is 5.92 Å². The first-order chi connectivity index (χ1) is 17.8. The number of pyridine rings is 2. The Morgan fingerprint density at radius 3 is 2.08 bits per heavy atom. The summed E-state index contributed by atoms with van der Waals surface area (Å²) in [6, 6.07) is 27.9. The lowest BCUT2D eigenvalue weighted by molar-refractivity contribution is -0.111. The third-order valence-corrected chi connectivity index (χ3v) is 6.40. The Morgan fingerprint density at radius 2 is 1.47 bits per heavy atom. The molecule has 0 radical (unpaired) electrons. The lowest BCUT2D eigenvalue weighted by Gasteiger charge is -2.31. The number of carbonyl (C=O) groups is 1. The van der Waals surface area contributed by atoms with E-state index in [4.69, 9.17) is 14.5 Å². The molecule has 1 fully saturated rings. The van der Waals surface area contributed by atoms with E-state index in [-0.39, 0.29) is 5.92 Å². The molecular weight excluding hydrogens is 450 g/mol. The van der Waals surface area contributed by atoms with E-state index in [1.165, 1.54) is 0 Å². The molecule has 0 spiro atoms. The molecule has 6 heteroatoms. The zero-order chi connectivity index (χ0) is 24.6. The number of piperidine rings is 1. The first-order valence-electron chi connectivity index (χ1n) is 12.3. The van der Waals surface area contributed by atoms with Crippen molar-refractivity contribution in [1.82, 2.24) is 9.97 Å². The van der Waals surface area contributed by atoms with Crippen LogP contribution >= 0.6 is 0 Å². The Bertz CT molecular complexity index is 1260. The lowest BCUT2D eigenvalue weighted by atomic mass is 9.98. The monoisotopic (exact) mass is 479 g/mol. The van der Waals surface area contributed by atoms with Gasteiger partial charge in [-0.3, -0.25) is 4.98 Å². The molecular formula is C30H29N3O3. The standard InChI is InChI=1S/C30H29N3O3/c34-20-23-15-17-33(18-16-23)26-11-13-28(31-19-26)27-12-14-29(35-21-24-7-3-1-4-8-24)32-30(27)36-22-25-9-5-2-6-10-25/h1-14,19-20,23H,15-18,21-22H2. The highest BCUT2D eigenvalue weighted by Crippen LogP contribution is 2.31. The molecule has 0 amide bonds. The van der Waals surface area contributed by atoms with Crippen LogP contribution < -0.4 is 14.4 Å². The smallest absolute Gasteiger partial charge is 0.226 e. The van der Waals surface area contributed by atoms with Crippen LogP contribution in [0.25, 0.3) is 11.3 Å². The van der Waals surface area contributed by atoms with Crippen molar-refractivity contribution in [2.75, 3.05) is 18.0 Å². The summed E-state index contributed by atoms with van der Waals surface area (Å²) in [6.45, 7) is 2.56. The maximum atomic E-state index is 11.1. The molecule has 1 saturated heterocycles. The second kappa shape index (κ2) is 11.5. The number of rotatable bonds is 9. The summed E-state index contributed by atoms with van der Waals surface area (Å²) in [5, 5.41) is 0. The van der Waals surface area contributed by atoms with E-state index in [1.54, 1.807) is 0 Å². The second-order valence-corrected chi connectivity index (χ2v) is 8.91. The fourth-order valence-corrected chi connectivity index (χ4v) is 4.29. The van der Waals surface area contributed by atoms with Gasteiger partial charge in [-0.25, -0.2) is 0 Å². The highest BCUT2D eigenvalue weighted by Gasteiger charge is 2.19. The fraction of sp³-hybridized carbons (Fsp3) is 0.233. The average molecular weight is 480 g/mol. The van der Waals surface area contributed by atoms with Crippen LogP contribution in [0.5, 0.6) is 11.8 Å². The normalized spacial score (nSPS) is 13.8. The third kappa shape index (κ3) is 5.89. The van der Waals surface area contributed by atoms with E-state index in [0.717, 1.165) is 60.3 Å². The molecule has 2 aromatic heterocycles. The van der Waals surface area contributed by atoms with Crippen molar-refractivity contribution in [2.45, 2.75) is 26.1 Å². The van der Waals surface area contributed by atoms with Crippen molar-refractivity contribution >= 4 is 12.0 Å². The van der Waals surface area contributed by atoms with Crippen LogP contribution in [0.3, 0.4) is 0 Å². The first-order valence-corrected chi connectivity index (χ1v) is 12.3. The summed E-state index contributed by atoms with van der Waals surface area (Å²) in [5.74, 6) is 1.16. The van der Waals surface area contributed by atoms with E-state index in [0.29, 0.717) is 25.0 Å². The van der Waals surface area contributed by atoms with Gasteiger partial charge in [-0.2, -0.15) is 4.98 Å². The van der Waals surface area contributed by atoms with Gasteiger partial charge >= 0.3 is 0 Å². The highest BCUT2D eigenvalue weighted by atomic mass is 16.5. The van der Waals surface area contributed by atoms with Crippen LogP contribution in [0.15, 0.2) is 91.1 Å². The van der Waals surface area contributed by atoms with Crippen molar-refractivity contribution in [3.8, 4) is 23.0 Å². The summed E-state index contributed by atoms with van der Waals surface area (Å²) in [7, 11) is 0. The Kier molecular flexibility index (Phi) is 7.52. The summed E-state index contributed by atoms with van der Waals surface area (Å²) in [6.07, 6.45) is 4.74. The number of aromatic nitrogens is 2. The van der Waals surface area contributed by atoms with Crippen LogP contribution in [-0.4, -0.2) is 29.3 Å². The molecule has 6 nitrogen and oxygen atoms in total. The topological polar surface area (TPSA) is 64.6 Å². The van der Waals surface area contributed by atoms with E-state index in [1.807, 2.05) is 85.1 Å². The van der Waals surface area contributed by atoms with E-state index >= 15 is 0 Å². The minimum atomic E-state index is 0.173. The molecule has 5 rings (SSSR count). The van der Waals surface area contributed by atoms with Gasteiger partial charge in [0.2, 0.25) is 11.8 Å². The third-order valence-electron chi connectivity index (χ3n) is 6.40. The summed E-state index contributed by atoms with van der Waals surface area (Å²) >= 11 is 0. The van der Waals surface area contributed by atoms with Crippen molar-refractivity contribution in [3.05, 3.63) is 102 Å². The maximum Gasteiger partial charge on any atom is 0.226 e. The van der Waals surface area contributed by atoms with Gasteiger partial charge in [0.05, 0.1) is 23.1 Å². The number of anilines is 1. The van der Waals surface area contributed by atoms with Crippen LogP contribution in [0.1, 0.15) is 24.0 Å². The Labute approximate surface area is 211 Å². The molecule has 0 atom stereocenters. The van der Waals surface area contributed by atoms with Crippen molar-refractivity contribution in [1.29, 1.82) is 0 Å². The molecule has 36 heavy (non-hydrogen) atoms. The quantitative estimate of drug-likeness (QED) is 0.286. The van der Waals surface area contributed by atoms with Gasteiger partial charge < -0.3 is 19.2 Å². The molecule has 1 aliphatic heterocycles. The minimum absolute atomic E-state index is 0.173. The minimum Gasteiger partial charge on any atom is -0.473 e. The average Bonchev–Trinajstić information content (AvgIpc) is 2.96. The van der Waals surface area contributed by atoms with E-state index in [9.17, 15) is 4.79 Å². The van der Waals surface area contributed by atoms with Gasteiger partial charge in [0, 0.05) is 25.1 Å². The molecule has 0 N–H and O–H groups in total. The number of carbonyl (C=O) groups excluding carboxylic acids is 1. The van der Waals surface area contributed by atoms with Gasteiger partial charge in [0.1, 0.15) is 19.5 Å². The van der Waals surface area contributed by atoms with E-state index in [2.05, 4.69) is 16.0 Å². The van der Waals surface area contributed by atoms with Gasteiger partial charge in [-0.05, 0) is 42.2 Å². The molecule has 1 aliphatic rings. The molecule has 0 saturated carbocycles. The van der Waals surface area contributed by atoms with Crippen LogP contribution in [0.2, 0.25) is 0 Å². The summed E-state index contributed by atoms with van der Waals surface area (Å²) < 4.78 is 12.1. The van der Waals surface area contributed by atoms with Gasteiger partial charge in [0.15, 0.2) is 0 Å². The number of benzene rings is 2. The molecule has 0 aliphatic carbocycles. The molecule has 182 valence electrons. The van der Waals surface area contributed by atoms with Crippen LogP contribution in [0.4, 0.5) is 5.69 Å². The molecule has 2 aromatic carbocycles. The fourth-order valence-electron chi connectivity index (χ4n) is 4.29. The summed E-state index contributed by atoms with van der Waals surface area (Å²) in [5.41, 5.74) is 4.79. The van der Waals surface area contributed by atoms with Gasteiger partial charge in [0.25, 0.3) is 0 Å². The zero-order valence-electron chi connectivity index (χ0n) is 20.1. The number of nitrogens with zero attached hydrogens (tertiary/aromatic N) is 3. The zero-order valence-corrected chi connectivity index (χ0v) is 20.1. The Hall–Kier alpha value is -4.19. The number of aldehydes is 1. The maximum absolute atomic E-state index is 11.1. The predicted octanol–water partition coefficient (Wildman–Crippen LogP) is 5.72. The summed E-state index contributed by atoms with van der Waals surface area (Å²) in [4.78, 5) is 22.8.